The number of hydrogen-bond acceptors (Lipinski definition) is 5. The molecule has 19 heavy (non-hydrogen) atoms. The van der Waals surface area contributed by atoms with E-state index in [1.165, 1.54) is 18.3 Å². The summed E-state index contributed by atoms with van der Waals surface area (Å²) in [6.07, 6.45) is 2.52. The predicted octanol–water partition coefficient (Wildman–Crippen LogP) is 0.749. The maximum absolute atomic E-state index is 12.3. The van der Waals surface area contributed by atoms with Gasteiger partial charge in [0.05, 0.1) is 0 Å². The third-order valence-corrected chi connectivity index (χ3v) is 4.87. The molecule has 0 spiro atoms. The molecule has 7 heteroatoms. The van der Waals surface area contributed by atoms with Crippen LogP contribution in [0.1, 0.15) is 32.4 Å². The number of sulfonamides is 1. The van der Waals surface area contributed by atoms with E-state index in [1.54, 1.807) is 6.07 Å². The maximum atomic E-state index is 12.3. The van der Waals surface area contributed by atoms with Gasteiger partial charge in [0, 0.05) is 18.3 Å². The van der Waals surface area contributed by atoms with Gasteiger partial charge in [0.1, 0.15) is 11.0 Å². The summed E-state index contributed by atoms with van der Waals surface area (Å²) in [6.45, 7) is 3.93. The molecular formula is C12H18N4O2S. The summed E-state index contributed by atoms with van der Waals surface area (Å²) in [5.74, 6) is 0. The van der Waals surface area contributed by atoms with E-state index < -0.39 is 15.6 Å². The lowest BCUT2D eigenvalue weighted by Gasteiger charge is -2.31. The lowest BCUT2D eigenvalue weighted by Crippen LogP contribution is -2.52. The molecule has 0 atom stereocenters. The van der Waals surface area contributed by atoms with Crippen LogP contribution in [0.2, 0.25) is 0 Å². The van der Waals surface area contributed by atoms with E-state index in [1.807, 2.05) is 13.8 Å². The van der Waals surface area contributed by atoms with Crippen LogP contribution in [0, 0.1) is 11.3 Å². The average Bonchev–Trinajstić information content (AvgIpc) is 2.45. The van der Waals surface area contributed by atoms with Crippen molar-refractivity contribution in [1.82, 2.24) is 9.71 Å². The zero-order valence-electron chi connectivity index (χ0n) is 11.0. The monoisotopic (exact) mass is 282 g/mol. The highest BCUT2D eigenvalue weighted by molar-refractivity contribution is 7.89. The molecule has 0 aliphatic heterocycles. The summed E-state index contributed by atoms with van der Waals surface area (Å²) in [5.41, 5.74) is 4.87. The minimum atomic E-state index is -3.81. The van der Waals surface area contributed by atoms with Gasteiger partial charge >= 0.3 is 0 Å². The van der Waals surface area contributed by atoms with Crippen molar-refractivity contribution in [3.05, 3.63) is 24.0 Å². The molecule has 6 nitrogen and oxygen atoms in total. The normalized spacial score (nSPS) is 12.1. The Hall–Kier alpha value is -1.49. The van der Waals surface area contributed by atoms with E-state index >= 15 is 0 Å². The summed E-state index contributed by atoms with van der Waals surface area (Å²) in [4.78, 5) is 3.65. The lowest BCUT2D eigenvalue weighted by atomic mass is 9.95. The molecule has 0 aromatic carbocycles. The quantitative estimate of drug-likeness (QED) is 0.800. The molecule has 0 amide bonds. The SMILES string of the molecule is CCC(CC)(CN)NS(=O)(=O)c1cccnc1C#N. The van der Waals surface area contributed by atoms with Gasteiger partial charge in [-0.1, -0.05) is 13.8 Å². The Morgan fingerprint density at radius 2 is 2.11 bits per heavy atom. The van der Waals surface area contributed by atoms with Gasteiger partial charge in [0.2, 0.25) is 10.0 Å². The summed E-state index contributed by atoms with van der Waals surface area (Å²) < 4.78 is 27.3. The molecule has 0 saturated heterocycles. The number of nitrogens with two attached hydrogens (primary N) is 1. The highest BCUT2D eigenvalue weighted by atomic mass is 32.2. The van der Waals surface area contributed by atoms with Crippen molar-refractivity contribution in [3.8, 4) is 6.07 Å². The van der Waals surface area contributed by atoms with E-state index in [0.717, 1.165) is 0 Å². The number of nitriles is 1. The largest absolute Gasteiger partial charge is 0.329 e. The zero-order valence-corrected chi connectivity index (χ0v) is 11.9. The minimum Gasteiger partial charge on any atom is -0.329 e. The number of nitrogens with zero attached hydrogens (tertiary/aromatic N) is 2. The van der Waals surface area contributed by atoms with Crippen LogP contribution in [0.3, 0.4) is 0 Å². The lowest BCUT2D eigenvalue weighted by molar-refractivity contribution is 0.363. The summed E-state index contributed by atoms with van der Waals surface area (Å²) in [7, 11) is -3.81. The Balaban J connectivity index is 3.22. The van der Waals surface area contributed by atoms with Gasteiger partial charge in [-0.2, -0.15) is 5.26 Å². The second-order valence-electron chi connectivity index (χ2n) is 4.26. The van der Waals surface area contributed by atoms with Crippen molar-refractivity contribution in [1.29, 1.82) is 5.26 Å². The standard InChI is InChI=1S/C12H18N4O2S/c1-3-12(4-2,9-14)16-19(17,18)11-6-5-7-15-10(11)8-13/h5-7,16H,3-4,9,14H2,1-2H3. The average molecular weight is 282 g/mol. The van der Waals surface area contributed by atoms with Crippen molar-refractivity contribution in [2.75, 3.05) is 6.54 Å². The first-order chi connectivity index (χ1) is 8.94. The van der Waals surface area contributed by atoms with Gasteiger partial charge in [-0.15, -0.1) is 0 Å². The van der Waals surface area contributed by atoms with Crippen LogP contribution in [0.25, 0.3) is 0 Å². The van der Waals surface area contributed by atoms with Crippen LogP contribution in [-0.4, -0.2) is 25.5 Å². The van der Waals surface area contributed by atoms with Crippen LogP contribution >= 0.6 is 0 Å². The van der Waals surface area contributed by atoms with Crippen molar-refractivity contribution in [2.24, 2.45) is 5.73 Å². The Labute approximate surface area is 113 Å². The van der Waals surface area contributed by atoms with Gasteiger partial charge in [-0.3, -0.25) is 0 Å². The number of pyridine rings is 1. The number of rotatable bonds is 6. The minimum absolute atomic E-state index is 0.114. The topological polar surface area (TPSA) is 109 Å². The van der Waals surface area contributed by atoms with E-state index in [4.69, 9.17) is 11.0 Å². The van der Waals surface area contributed by atoms with Crippen LogP contribution < -0.4 is 10.5 Å². The molecule has 3 N–H and O–H groups in total. The highest BCUT2D eigenvalue weighted by Gasteiger charge is 2.32. The van der Waals surface area contributed by atoms with Crippen molar-refractivity contribution in [3.63, 3.8) is 0 Å². The molecule has 0 fully saturated rings. The molecule has 0 aliphatic rings. The van der Waals surface area contributed by atoms with E-state index in [2.05, 4.69) is 9.71 Å². The third kappa shape index (κ3) is 3.29. The third-order valence-electron chi connectivity index (χ3n) is 3.26. The first kappa shape index (κ1) is 15.6. The second kappa shape index (κ2) is 6.10. The fourth-order valence-corrected chi connectivity index (χ4v) is 3.42. The molecule has 0 unspecified atom stereocenters. The van der Waals surface area contributed by atoms with Crippen molar-refractivity contribution in [2.45, 2.75) is 37.1 Å². The van der Waals surface area contributed by atoms with Crippen LogP contribution in [0.15, 0.2) is 23.2 Å². The Morgan fingerprint density at radius 3 is 2.58 bits per heavy atom. The van der Waals surface area contributed by atoms with Crippen molar-refractivity contribution < 1.29 is 8.42 Å². The summed E-state index contributed by atoms with van der Waals surface area (Å²) in [5, 5.41) is 8.92. The summed E-state index contributed by atoms with van der Waals surface area (Å²) in [6, 6.07) is 4.63. The highest BCUT2D eigenvalue weighted by Crippen LogP contribution is 2.19. The van der Waals surface area contributed by atoms with Gasteiger partial charge in [0.15, 0.2) is 5.69 Å². The van der Waals surface area contributed by atoms with Gasteiger partial charge in [-0.05, 0) is 25.0 Å². The number of nitrogens with one attached hydrogen (secondary N) is 1. The van der Waals surface area contributed by atoms with Crippen molar-refractivity contribution >= 4 is 10.0 Å². The van der Waals surface area contributed by atoms with E-state index in [-0.39, 0.29) is 17.1 Å². The first-order valence-electron chi connectivity index (χ1n) is 6.04. The molecule has 1 heterocycles. The van der Waals surface area contributed by atoms with E-state index in [0.29, 0.717) is 12.8 Å². The number of hydrogen-bond donors (Lipinski definition) is 2. The summed E-state index contributed by atoms with van der Waals surface area (Å²) >= 11 is 0. The predicted molar refractivity (Wildman–Crippen MR) is 71.6 cm³/mol. The molecule has 0 aliphatic carbocycles. The molecule has 1 aromatic heterocycles. The van der Waals surface area contributed by atoms with Crippen LogP contribution in [0.5, 0.6) is 0 Å². The molecule has 0 radical (unpaired) electrons. The molecule has 0 saturated carbocycles. The van der Waals surface area contributed by atoms with Gasteiger partial charge in [-0.25, -0.2) is 18.1 Å². The smallest absolute Gasteiger partial charge is 0.244 e. The Bertz CT molecular complexity index is 565. The molecule has 104 valence electrons. The maximum Gasteiger partial charge on any atom is 0.244 e. The molecule has 0 bridgehead atoms. The zero-order chi connectivity index (χ0) is 14.5. The van der Waals surface area contributed by atoms with Crippen LogP contribution in [-0.2, 0) is 10.0 Å². The van der Waals surface area contributed by atoms with Crippen LogP contribution in [0.4, 0.5) is 0 Å². The van der Waals surface area contributed by atoms with Gasteiger partial charge < -0.3 is 5.73 Å². The molecular weight excluding hydrogens is 264 g/mol. The Morgan fingerprint density at radius 1 is 1.47 bits per heavy atom. The second-order valence-corrected chi connectivity index (χ2v) is 5.91. The fourth-order valence-electron chi connectivity index (χ4n) is 1.76. The number of aromatic nitrogens is 1. The molecule has 1 aromatic rings. The van der Waals surface area contributed by atoms with Gasteiger partial charge in [0.25, 0.3) is 0 Å². The van der Waals surface area contributed by atoms with E-state index in [9.17, 15) is 8.42 Å². The Kier molecular flexibility index (Phi) is 5.00. The molecule has 1 rings (SSSR count). The first-order valence-corrected chi connectivity index (χ1v) is 7.52. The fraction of sp³-hybridized carbons (Fsp3) is 0.500.